The molecule has 0 aliphatic heterocycles. The van der Waals surface area contributed by atoms with Gasteiger partial charge in [0, 0.05) is 23.7 Å². The van der Waals surface area contributed by atoms with Crippen LogP contribution in [0, 0.1) is 13.8 Å². The molecule has 0 atom stereocenters. The fourth-order valence-electron chi connectivity index (χ4n) is 3.10. The smallest absolute Gasteiger partial charge is 0.264 e. The molecule has 3 rings (SSSR count). The lowest BCUT2D eigenvalue weighted by atomic mass is 10.1. The number of carbonyl (C=O) groups is 1. The van der Waals surface area contributed by atoms with Crippen LogP contribution in [0.3, 0.4) is 0 Å². The van der Waals surface area contributed by atoms with E-state index in [1.54, 1.807) is 73.8 Å². The topological polar surface area (TPSA) is 75.7 Å². The Balaban J connectivity index is 1.87. The Labute approximate surface area is 193 Å². The number of aryl methyl sites for hydroxylation is 2. The average molecular weight is 473 g/mol. The van der Waals surface area contributed by atoms with Crippen LogP contribution in [0.1, 0.15) is 17.5 Å². The molecule has 0 saturated heterocycles. The van der Waals surface area contributed by atoms with E-state index < -0.39 is 10.0 Å². The van der Waals surface area contributed by atoms with E-state index in [9.17, 15) is 13.2 Å². The predicted octanol–water partition coefficient (Wildman–Crippen LogP) is 5.19. The van der Waals surface area contributed by atoms with Crippen molar-refractivity contribution in [3.63, 3.8) is 0 Å². The van der Waals surface area contributed by atoms with Crippen molar-refractivity contribution in [2.45, 2.75) is 25.2 Å². The van der Waals surface area contributed by atoms with Crippen LogP contribution in [0.15, 0.2) is 71.6 Å². The Bertz CT molecular complexity index is 1190. The standard InChI is InChI=1S/C24H25ClN2O4S/c1-17-4-13-23(16-18(17)2)32(29,30)27(21-9-11-22(31-3)12-10-21)15-14-24(28)26-20-7-5-19(25)6-8-20/h4-13,16H,14-15H2,1-3H3,(H,26,28). The summed E-state index contributed by atoms with van der Waals surface area (Å²) in [6.07, 6.45) is -0.0290. The number of anilines is 2. The molecule has 1 N–H and O–H groups in total. The number of amides is 1. The van der Waals surface area contributed by atoms with Gasteiger partial charge in [-0.15, -0.1) is 0 Å². The van der Waals surface area contributed by atoms with E-state index >= 15 is 0 Å². The minimum Gasteiger partial charge on any atom is -0.497 e. The SMILES string of the molecule is COc1ccc(N(CCC(=O)Nc2ccc(Cl)cc2)S(=O)(=O)c2ccc(C)c(C)c2)cc1. The third-order valence-electron chi connectivity index (χ3n) is 5.10. The molecule has 0 heterocycles. The van der Waals surface area contributed by atoms with Crippen molar-refractivity contribution in [1.29, 1.82) is 0 Å². The van der Waals surface area contributed by atoms with Crippen molar-refractivity contribution in [2.75, 3.05) is 23.3 Å². The lowest BCUT2D eigenvalue weighted by Gasteiger charge is -2.25. The van der Waals surface area contributed by atoms with Crippen LogP contribution in [-0.4, -0.2) is 28.0 Å². The Morgan fingerprint density at radius 1 is 0.969 bits per heavy atom. The largest absolute Gasteiger partial charge is 0.497 e. The maximum atomic E-state index is 13.5. The molecule has 0 bridgehead atoms. The van der Waals surface area contributed by atoms with Crippen LogP contribution in [0.5, 0.6) is 5.75 Å². The summed E-state index contributed by atoms with van der Waals surface area (Å²) in [5, 5.41) is 3.33. The van der Waals surface area contributed by atoms with Crippen LogP contribution in [0.4, 0.5) is 11.4 Å². The molecule has 0 aromatic heterocycles. The van der Waals surface area contributed by atoms with Crippen LogP contribution in [0.25, 0.3) is 0 Å². The zero-order chi connectivity index (χ0) is 23.3. The fourth-order valence-corrected chi connectivity index (χ4v) is 4.78. The lowest BCUT2D eigenvalue weighted by Crippen LogP contribution is -2.34. The summed E-state index contributed by atoms with van der Waals surface area (Å²) in [7, 11) is -2.35. The normalized spacial score (nSPS) is 11.1. The Kier molecular flexibility index (Phi) is 7.43. The van der Waals surface area contributed by atoms with Gasteiger partial charge in [0.05, 0.1) is 17.7 Å². The molecule has 0 radical (unpaired) electrons. The average Bonchev–Trinajstić information content (AvgIpc) is 2.77. The summed E-state index contributed by atoms with van der Waals surface area (Å²) in [4.78, 5) is 12.7. The quantitative estimate of drug-likeness (QED) is 0.489. The van der Waals surface area contributed by atoms with Gasteiger partial charge in [-0.25, -0.2) is 8.42 Å². The van der Waals surface area contributed by atoms with Gasteiger partial charge in [0.1, 0.15) is 5.75 Å². The molecule has 0 fully saturated rings. The number of carbonyl (C=O) groups excluding carboxylic acids is 1. The van der Waals surface area contributed by atoms with E-state index in [4.69, 9.17) is 16.3 Å². The highest BCUT2D eigenvalue weighted by Crippen LogP contribution is 2.27. The number of hydrogen-bond donors (Lipinski definition) is 1. The number of nitrogens with zero attached hydrogens (tertiary/aromatic N) is 1. The fraction of sp³-hybridized carbons (Fsp3) is 0.208. The van der Waals surface area contributed by atoms with E-state index in [1.807, 2.05) is 13.8 Å². The van der Waals surface area contributed by atoms with Gasteiger partial charge in [0.15, 0.2) is 0 Å². The van der Waals surface area contributed by atoms with Gasteiger partial charge >= 0.3 is 0 Å². The molecule has 168 valence electrons. The van der Waals surface area contributed by atoms with E-state index in [-0.39, 0.29) is 23.8 Å². The zero-order valence-corrected chi connectivity index (χ0v) is 19.7. The number of nitrogens with one attached hydrogen (secondary N) is 1. The first-order valence-electron chi connectivity index (χ1n) is 10.00. The molecule has 0 aliphatic rings. The number of ether oxygens (including phenoxy) is 1. The van der Waals surface area contributed by atoms with E-state index in [2.05, 4.69) is 5.32 Å². The van der Waals surface area contributed by atoms with Gasteiger partial charge in [-0.1, -0.05) is 17.7 Å². The van der Waals surface area contributed by atoms with Gasteiger partial charge < -0.3 is 10.1 Å². The Morgan fingerprint density at radius 3 is 2.22 bits per heavy atom. The second-order valence-corrected chi connectivity index (χ2v) is 9.63. The highest BCUT2D eigenvalue weighted by molar-refractivity contribution is 7.92. The van der Waals surface area contributed by atoms with Crippen LogP contribution in [-0.2, 0) is 14.8 Å². The number of methoxy groups -OCH3 is 1. The first-order valence-corrected chi connectivity index (χ1v) is 11.8. The van der Waals surface area contributed by atoms with E-state index in [0.29, 0.717) is 22.1 Å². The Morgan fingerprint density at radius 2 is 1.62 bits per heavy atom. The van der Waals surface area contributed by atoms with Crippen LogP contribution < -0.4 is 14.4 Å². The summed E-state index contributed by atoms with van der Waals surface area (Å²) < 4.78 is 33.4. The molecule has 0 unspecified atom stereocenters. The van der Waals surface area contributed by atoms with E-state index in [1.165, 1.54) is 4.31 Å². The number of sulfonamides is 1. The minimum absolute atomic E-state index is 0.0268. The molecular formula is C24H25ClN2O4S. The van der Waals surface area contributed by atoms with Gasteiger partial charge in [0.2, 0.25) is 5.91 Å². The third kappa shape index (κ3) is 5.60. The monoisotopic (exact) mass is 472 g/mol. The van der Waals surface area contributed by atoms with Gasteiger partial charge in [-0.05, 0) is 85.6 Å². The summed E-state index contributed by atoms with van der Waals surface area (Å²) in [6, 6.07) is 18.4. The molecule has 0 spiro atoms. The van der Waals surface area contributed by atoms with Crippen LogP contribution in [0.2, 0.25) is 5.02 Å². The zero-order valence-electron chi connectivity index (χ0n) is 18.1. The minimum atomic E-state index is -3.89. The molecule has 3 aromatic carbocycles. The highest BCUT2D eigenvalue weighted by atomic mass is 35.5. The number of hydrogen-bond acceptors (Lipinski definition) is 4. The molecule has 32 heavy (non-hydrogen) atoms. The van der Waals surface area contributed by atoms with Crippen LogP contribution >= 0.6 is 11.6 Å². The Hall–Kier alpha value is -3.03. The maximum absolute atomic E-state index is 13.5. The molecule has 6 nitrogen and oxygen atoms in total. The highest BCUT2D eigenvalue weighted by Gasteiger charge is 2.26. The summed E-state index contributed by atoms with van der Waals surface area (Å²) >= 11 is 5.87. The molecule has 1 amide bonds. The molecule has 0 aliphatic carbocycles. The third-order valence-corrected chi connectivity index (χ3v) is 7.17. The maximum Gasteiger partial charge on any atom is 0.264 e. The van der Waals surface area contributed by atoms with Gasteiger partial charge in [-0.2, -0.15) is 0 Å². The second-order valence-electron chi connectivity index (χ2n) is 7.33. The first kappa shape index (κ1) is 23.6. The van der Waals surface area contributed by atoms with Crippen molar-refractivity contribution < 1.29 is 17.9 Å². The molecule has 3 aromatic rings. The molecule has 0 saturated carbocycles. The summed E-state index contributed by atoms with van der Waals surface area (Å²) in [5.74, 6) is 0.305. The predicted molar refractivity (Wildman–Crippen MR) is 128 cm³/mol. The molecule has 8 heteroatoms. The number of benzene rings is 3. The van der Waals surface area contributed by atoms with Crippen molar-refractivity contribution in [1.82, 2.24) is 0 Å². The first-order chi connectivity index (χ1) is 15.2. The second kappa shape index (κ2) is 10.1. The van der Waals surface area contributed by atoms with E-state index in [0.717, 1.165) is 11.1 Å². The summed E-state index contributed by atoms with van der Waals surface area (Å²) in [6.45, 7) is 3.76. The van der Waals surface area contributed by atoms with Gasteiger partial charge in [0.25, 0.3) is 10.0 Å². The van der Waals surface area contributed by atoms with Gasteiger partial charge in [-0.3, -0.25) is 9.10 Å². The number of rotatable bonds is 8. The van der Waals surface area contributed by atoms with Crippen molar-refractivity contribution in [3.05, 3.63) is 82.9 Å². The lowest BCUT2D eigenvalue weighted by molar-refractivity contribution is -0.116. The summed E-state index contributed by atoms with van der Waals surface area (Å²) in [5.41, 5.74) is 2.92. The van der Waals surface area contributed by atoms with Crippen molar-refractivity contribution in [3.8, 4) is 5.75 Å². The molecular weight excluding hydrogens is 448 g/mol. The van der Waals surface area contributed by atoms with Crippen molar-refractivity contribution >= 4 is 38.9 Å². The number of halogens is 1. The van der Waals surface area contributed by atoms with Crippen molar-refractivity contribution in [2.24, 2.45) is 0 Å².